The van der Waals surface area contributed by atoms with Crippen molar-refractivity contribution in [3.05, 3.63) is 54.5 Å². The maximum absolute atomic E-state index is 13.0. The number of anilines is 2. The summed E-state index contributed by atoms with van der Waals surface area (Å²) in [6.45, 7) is 8.99. The number of nitrogens with zero attached hydrogens (tertiary/aromatic N) is 5. The zero-order valence-corrected chi connectivity index (χ0v) is 23.3. The van der Waals surface area contributed by atoms with Gasteiger partial charge in [-0.15, -0.1) is 0 Å². The summed E-state index contributed by atoms with van der Waals surface area (Å²) in [5.41, 5.74) is 3.97. The molecule has 0 unspecified atom stereocenters. The number of likely N-dealkylation sites (tertiary alicyclic amines) is 2. The number of morpholine rings is 1. The number of aromatic nitrogens is 2. The number of ether oxygens (including phenoxy) is 2. The zero-order valence-electron chi connectivity index (χ0n) is 23.3. The first kappa shape index (κ1) is 26.8. The van der Waals surface area contributed by atoms with E-state index in [0.717, 1.165) is 92.4 Å². The molecule has 6 rings (SSSR count). The Bertz CT molecular complexity index is 1270. The molecular weight excluding hydrogens is 504 g/mol. The Morgan fingerprint density at radius 2 is 1.73 bits per heavy atom. The molecular formula is C31H40N6O3. The van der Waals surface area contributed by atoms with Crippen molar-refractivity contribution in [1.82, 2.24) is 19.8 Å². The molecule has 0 radical (unpaired) electrons. The first-order valence-corrected chi connectivity index (χ1v) is 14.8. The van der Waals surface area contributed by atoms with Crippen molar-refractivity contribution in [3.8, 4) is 5.75 Å². The van der Waals surface area contributed by atoms with E-state index in [-0.39, 0.29) is 6.03 Å². The number of fused-ring (bicyclic) bond motifs is 1. The minimum absolute atomic E-state index is 0.0448. The normalized spacial score (nSPS) is 18.8. The third kappa shape index (κ3) is 6.47. The molecule has 40 heavy (non-hydrogen) atoms. The van der Waals surface area contributed by atoms with E-state index in [1.165, 1.54) is 25.9 Å². The Hall–Kier alpha value is -3.43. The van der Waals surface area contributed by atoms with Crippen molar-refractivity contribution in [1.29, 1.82) is 0 Å². The zero-order chi connectivity index (χ0) is 27.1. The van der Waals surface area contributed by atoms with E-state index in [1.54, 1.807) is 6.33 Å². The summed E-state index contributed by atoms with van der Waals surface area (Å²) in [6, 6.07) is 14.2. The summed E-state index contributed by atoms with van der Waals surface area (Å²) in [5, 5.41) is 4.15. The Balaban J connectivity index is 1.00. The molecule has 3 saturated heterocycles. The van der Waals surface area contributed by atoms with Gasteiger partial charge in [0.1, 0.15) is 12.1 Å². The third-order valence-corrected chi connectivity index (χ3v) is 8.39. The van der Waals surface area contributed by atoms with Crippen LogP contribution in [0.3, 0.4) is 0 Å². The molecule has 9 heteroatoms. The molecule has 3 aromatic rings. The summed E-state index contributed by atoms with van der Waals surface area (Å²) in [5.74, 6) is 1.16. The number of hydrogen-bond acceptors (Lipinski definition) is 7. The first-order chi connectivity index (χ1) is 19.7. The average molecular weight is 545 g/mol. The number of hydrogen-bond donors (Lipinski definition) is 1. The van der Waals surface area contributed by atoms with Crippen molar-refractivity contribution < 1.29 is 14.3 Å². The molecule has 2 amide bonds. The number of nitrogens with one attached hydrogen (secondary N) is 1. The standard InChI is InChI=1S/C31H40N6O3/c38-31(34-25-4-6-26(7-5-25)36-17-20-39-21-18-36)37-15-10-24(11-16-37)30-28-9-8-27(22-29(28)32-23-33-30)40-19-3-14-35-12-1-2-13-35/h4-9,22-24H,1-3,10-21H2,(H,34,38). The second kappa shape index (κ2) is 12.8. The monoisotopic (exact) mass is 544 g/mol. The molecule has 4 heterocycles. The lowest BCUT2D eigenvalue weighted by Crippen LogP contribution is -2.40. The molecule has 0 spiro atoms. The molecule has 0 atom stereocenters. The quantitative estimate of drug-likeness (QED) is 0.410. The van der Waals surface area contributed by atoms with Gasteiger partial charge < -0.3 is 29.5 Å². The van der Waals surface area contributed by atoms with Gasteiger partial charge in [-0.3, -0.25) is 0 Å². The Kier molecular flexibility index (Phi) is 8.59. The van der Waals surface area contributed by atoms with Crippen LogP contribution >= 0.6 is 0 Å². The number of amides is 2. The van der Waals surface area contributed by atoms with Crippen molar-refractivity contribution in [2.45, 2.75) is 38.0 Å². The van der Waals surface area contributed by atoms with Gasteiger partial charge in [0.25, 0.3) is 0 Å². The summed E-state index contributed by atoms with van der Waals surface area (Å²) < 4.78 is 11.5. The number of benzene rings is 2. The fourth-order valence-electron chi connectivity index (χ4n) is 6.09. The topological polar surface area (TPSA) is 83.1 Å². The summed E-state index contributed by atoms with van der Waals surface area (Å²) >= 11 is 0. The van der Waals surface area contributed by atoms with Gasteiger partial charge in [0.05, 0.1) is 31.0 Å². The fraction of sp³-hybridized carbons (Fsp3) is 0.516. The molecule has 0 aliphatic carbocycles. The van der Waals surface area contributed by atoms with E-state index in [1.807, 2.05) is 29.2 Å². The predicted octanol–water partition coefficient (Wildman–Crippen LogP) is 4.74. The number of carbonyl (C=O) groups is 1. The molecule has 3 aliphatic heterocycles. The van der Waals surface area contributed by atoms with Gasteiger partial charge in [-0.1, -0.05) is 0 Å². The number of piperidine rings is 1. The molecule has 212 valence electrons. The lowest BCUT2D eigenvalue weighted by atomic mass is 9.91. The lowest BCUT2D eigenvalue weighted by molar-refractivity contribution is 0.122. The molecule has 0 bridgehead atoms. The van der Waals surface area contributed by atoms with Crippen LogP contribution in [-0.4, -0.2) is 91.4 Å². The minimum Gasteiger partial charge on any atom is -0.493 e. The Morgan fingerprint density at radius 3 is 2.50 bits per heavy atom. The van der Waals surface area contributed by atoms with E-state index >= 15 is 0 Å². The van der Waals surface area contributed by atoms with Crippen LogP contribution < -0.4 is 15.0 Å². The lowest BCUT2D eigenvalue weighted by Gasteiger charge is -2.32. The van der Waals surface area contributed by atoms with Crippen LogP contribution in [0.15, 0.2) is 48.8 Å². The Morgan fingerprint density at radius 1 is 0.950 bits per heavy atom. The van der Waals surface area contributed by atoms with E-state index in [2.05, 4.69) is 43.3 Å². The number of carbonyl (C=O) groups excluding carboxylic acids is 1. The number of urea groups is 1. The van der Waals surface area contributed by atoms with Crippen LogP contribution in [0.25, 0.3) is 10.9 Å². The van der Waals surface area contributed by atoms with Crippen LogP contribution in [0, 0.1) is 0 Å². The number of rotatable bonds is 8. The molecule has 2 aromatic carbocycles. The third-order valence-electron chi connectivity index (χ3n) is 8.39. The second-order valence-corrected chi connectivity index (χ2v) is 11.0. The van der Waals surface area contributed by atoms with Gasteiger partial charge >= 0.3 is 6.03 Å². The van der Waals surface area contributed by atoms with E-state index in [4.69, 9.17) is 9.47 Å². The van der Waals surface area contributed by atoms with Crippen LogP contribution in [0.1, 0.15) is 43.7 Å². The summed E-state index contributed by atoms with van der Waals surface area (Å²) in [4.78, 5) is 28.9. The summed E-state index contributed by atoms with van der Waals surface area (Å²) in [7, 11) is 0. The highest BCUT2D eigenvalue weighted by Crippen LogP contribution is 2.32. The highest BCUT2D eigenvalue weighted by Gasteiger charge is 2.26. The van der Waals surface area contributed by atoms with Crippen molar-refractivity contribution in [3.63, 3.8) is 0 Å². The van der Waals surface area contributed by atoms with Crippen LogP contribution in [0.2, 0.25) is 0 Å². The van der Waals surface area contributed by atoms with Gasteiger partial charge in [-0.2, -0.15) is 0 Å². The first-order valence-electron chi connectivity index (χ1n) is 14.8. The van der Waals surface area contributed by atoms with E-state index in [0.29, 0.717) is 19.0 Å². The van der Waals surface area contributed by atoms with E-state index in [9.17, 15) is 4.79 Å². The summed E-state index contributed by atoms with van der Waals surface area (Å²) in [6.07, 6.45) is 7.11. The van der Waals surface area contributed by atoms with Gasteiger partial charge in [0.15, 0.2) is 0 Å². The van der Waals surface area contributed by atoms with Gasteiger partial charge in [-0.25, -0.2) is 14.8 Å². The highest BCUT2D eigenvalue weighted by atomic mass is 16.5. The minimum atomic E-state index is -0.0448. The molecule has 1 N–H and O–H groups in total. The molecule has 0 saturated carbocycles. The van der Waals surface area contributed by atoms with Crippen molar-refractivity contribution >= 4 is 28.3 Å². The van der Waals surface area contributed by atoms with Crippen molar-refractivity contribution in [2.24, 2.45) is 0 Å². The maximum Gasteiger partial charge on any atom is 0.321 e. The molecule has 3 fully saturated rings. The average Bonchev–Trinajstić information content (AvgIpc) is 3.53. The van der Waals surface area contributed by atoms with Gasteiger partial charge in [-0.05, 0) is 81.6 Å². The molecule has 1 aromatic heterocycles. The Labute approximate surface area is 236 Å². The predicted molar refractivity (Wildman–Crippen MR) is 157 cm³/mol. The largest absolute Gasteiger partial charge is 0.493 e. The molecule has 3 aliphatic rings. The smallest absolute Gasteiger partial charge is 0.321 e. The fourth-order valence-corrected chi connectivity index (χ4v) is 6.09. The van der Waals surface area contributed by atoms with Crippen LogP contribution in [0.5, 0.6) is 5.75 Å². The van der Waals surface area contributed by atoms with Crippen LogP contribution in [0.4, 0.5) is 16.2 Å². The second-order valence-electron chi connectivity index (χ2n) is 11.0. The van der Waals surface area contributed by atoms with E-state index < -0.39 is 0 Å². The highest BCUT2D eigenvalue weighted by molar-refractivity contribution is 5.89. The SMILES string of the molecule is O=C(Nc1ccc(N2CCOCC2)cc1)N1CCC(c2ncnc3cc(OCCCN4CCCC4)ccc23)CC1. The van der Waals surface area contributed by atoms with Gasteiger partial charge in [0, 0.05) is 61.5 Å². The van der Waals surface area contributed by atoms with Gasteiger partial charge in [0.2, 0.25) is 0 Å². The van der Waals surface area contributed by atoms with Crippen molar-refractivity contribution in [2.75, 3.05) is 75.9 Å². The van der Waals surface area contributed by atoms with Crippen LogP contribution in [-0.2, 0) is 4.74 Å². The molecule has 9 nitrogen and oxygen atoms in total. The maximum atomic E-state index is 13.0.